The van der Waals surface area contributed by atoms with E-state index in [2.05, 4.69) is 21.4 Å². The van der Waals surface area contributed by atoms with Crippen molar-refractivity contribution in [2.75, 3.05) is 33.9 Å². The van der Waals surface area contributed by atoms with Gasteiger partial charge < -0.3 is 9.64 Å². The summed E-state index contributed by atoms with van der Waals surface area (Å²) in [6.07, 6.45) is 1.92. The highest BCUT2D eigenvalue weighted by Crippen LogP contribution is 2.19. The first-order chi connectivity index (χ1) is 15.4. The summed E-state index contributed by atoms with van der Waals surface area (Å²) in [5, 5.41) is 9.07. The Balaban J connectivity index is 1.88. The molecular formula is C23H25N5O4. The number of aromatic nitrogens is 2. The molecule has 9 nitrogen and oxygen atoms in total. The van der Waals surface area contributed by atoms with Crippen LogP contribution in [0.1, 0.15) is 22.3 Å². The van der Waals surface area contributed by atoms with Crippen LogP contribution in [0.2, 0.25) is 0 Å². The van der Waals surface area contributed by atoms with E-state index in [0.29, 0.717) is 54.0 Å². The van der Waals surface area contributed by atoms with Gasteiger partial charge in [-0.2, -0.15) is 5.26 Å². The van der Waals surface area contributed by atoms with Gasteiger partial charge in [-0.25, -0.2) is 10.5 Å². The molecule has 2 aromatic carbocycles. The molecule has 0 radical (unpaired) electrons. The molecule has 166 valence electrons. The summed E-state index contributed by atoms with van der Waals surface area (Å²) >= 11 is 0. The first kappa shape index (κ1) is 22.9. The zero-order valence-electron chi connectivity index (χ0n) is 18.3. The maximum Gasteiger partial charge on any atom is 0.274 e. The number of nitriles is 1. The van der Waals surface area contributed by atoms with Crippen molar-refractivity contribution in [3.05, 3.63) is 64.2 Å². The molecule has 0 saturated carbocycles. The molecule has 0 aliphatic rings. The Bertz CT molecular complexity index is 1220. The topological polar surface area (TPSA) is 109 Å². The third-order valence-electron chi connectivity index (χ3n) is 5.00. The second-order valence-corrected chi connectivity index (χ2v) is 7.30. The fourth-order valence-corrected chi connectivity index (χ4v) is 3.20. The van der Waals surface area contributed by atoms with Crippen LogP contribution in [0, 0.1) is 18.3 Å². The predicted octanol–water partition coefficient (Wildman–Crippen LogP) is 2.21. The Morgan fingerprint density at radius 3 is 2.81 bits per heavy atom. The fraction of sp³-hybridized carbons (Fsp3) is 0.304. The molecule has 1 N–H and O–H groups in total. The first-order valence-corrected chi connectivity index (χ1v) is 10.1. The van der Waals surface area contributed by atoms with Gasteiger partial charge in [0.15, 0.2) is 0 Å². The van der Waals surface area contributed by atoms with Crippen molar-refractivity contribution in [3.63, 3.8) is 0 Å². The molecular weight excluding hydrogens is 410 g/mol. The number of fused-ring (bicyclic) bond motifs is 1. The molecule has 1 amide bonds. The number of hydrogen-bond donors (Lipinski definition) is 1. The number of likely N-dealkylation sites (N-methyl/N-ethyl adjacent to an activating group) is 1. The number of hydrogen-bond acceptors (Lipinski definition) is 7. The molecule has 0 fully saturated rings. The highest BCUT2D eigenvalue weighted by atomic mass is 16.6. The lowest BCUT2D eigenvalue weighted by atomic mass is 10.1. The van der Waals surface area contributed by atoms with Crippen molar-refractivity contribution in [3.8, 4) is 17.5 Å². The van der Waals surface area contributed by atoms with Gasteiger partial charge in [-0.15, -0.1) is 0 Å². The van der Waals surface area contributed by atoms with Gasteiger partial charge in [0, 0.05) is 25.1 Å². The summed E-state index contributed by atoms with van der Waals surface area (Å²) in [5.41, 5.74) is 4.29. The molecule has 0 saturated heterocycles. The number of carbonyl (C=O) groups is 1. The van der Waals surface area contributed by atoms with Gasteiger partial charge >= 0.3 is 0 Å². The number of nitrogens with one attached hydrogen (secondary N) is 1. The third-order valence-corrected chi connectivity index (χ3v) is 5.00. The largest absolute Gasteiger partial charge is 0.492 e. The third kappa shape index (κ3) is 5.29. The highest BCUT2D eigenvalue weighted by molar-refractivity contribution is 5.94. The molecule has 0 aliphatic heterocycles. The Morgan fingerprint density at radius 2 is 2.06 bits per heavy atom. The smallest absolute Gasteiger partial charge is 0.274 e. The van der Waals surface area contributed by atoms with Crippen molar-refractivity contribution < 1.29 is 14.4 Å². The monoisotopic (exact) mass is 435 g/mol. The molecule has 0 aliphatic carbocycles. The number of nitrogens with zero attached hydrogens (tertiary/aromatic N) is 4. The standard InChI is InChI=1S/C23H25N5O4/c1-16-5-6-17(22(29)26-31-3)13-21(16)28-15-25-20-8-7-18(14-19(20)23(28)30)32-12-11-27(2)10-4-9-24/h5-8,13-15H,4,10-12H2,1-3H3,(H,26,29). The van der Waals surface area contributed by atoms with Crippen LogP contribution in [0.15, 0.2) is 47.5 Å². The number of rotatable bonds is 9. The molecule has 3 rings (SSSR count). The number of amides is 1. The molecule has 1 heterocycles. The first-order valence-electron chi connectivity index (χ1n) is 10.1. The van der Waals surface area contributed by atoms with Gasteiger partial charge in [-0.1, -0.05) is 6.07 Å². The predicted molar refractivity (Wildman–Crippen MR) is 120 cm³/mol. The molecule has 0 bridgehead atoms. The van der Waals surface area contributed by atoms with Crippen LogP contribution in [0.25, 0.3) is 16.6 Å². The molecule has 9 heteroatoms. The Labute approximate surface area is 185 Å². The molecule has 0 atom stereocenters. The maximum atomic E-state index is 13.2. The summed E-state index contributed by atoms with van der Waals surface area (Å²) in [6.45, 7) is 3.61. The van der Waals surface area contributed by atoms with Gasteiger partial charge in [-0.3, -0.25) is 19.0 Å². The molecule has 3 aromatic rings. The highest BCUT2D eigenvalue weighted by Gasteiger charge is 2.13. The average Bonchev–Trinajstić information content (AvgIpc) is 2.79. The summed E-state index contributed by atoms with van der Waals surface area (Å²) in [7, 11) is 3.28. The second kappa shape index (κ2) is 10.5. The Morgan fingerprint density at radius 1 is 1.25 bits per heavy atom. The SMILES string of the molecule is CONC(=O)c1ccc(C)c(-n2cnc3ccc(OCCN(C)CCC#N)cc3c2=O)c1. The van der Waals surface area contributed by atoms with Gasteiger partial charge in [0.25, 0.3) is 11.5 Å². The van der Waals surface area contributed by atoms with Crippen LogP contribution in [-0.2, 0) is 4.84 Å². The molecule has 0 unspecified atom stereocenters. The number of benzene rings is 2. The van der Waals surface area contributed by atoms with E-state index < -0.39 is 5.91 Å². The van der Waals surface area contributed by atoms with E-state index >= 15 is 0 Å². The van der Waals surface area contributed by atoms with Crippen LogP contribution >= 0.6 is 0 Å². The Kier molecular flexibility index (Phi) is 7.54. The van der Waals surface area contributed by atoms with E-state index in [4.69, 9.17) is 10.00 Å². The lowest BCUT2D eigenvalue weighted by Crippen LogP contribution is -2.25. The number of carbonyl (C=O) groups excluding carboxylic acids is 1. The van der Waals surface area contributed by atoms with Gasteiger partial charge in [0.1, 0.15) is 18.7 Å². The van der Waals surface area contributed by atoms with Crippen LogP contribution in [0.4, 0.5) is 0 Å². The van der Waals surface area contributed by atoms with Crippen LogP contribution < -0.4 is 15.8 Å². The summed E-state index contributed by atoms with van der Waals surface area (Å²) in [6, 6.07) is 12.3. The quantitative estimate of drug-likeness (QED) is 0.513. The Hall–Kier alpha value is -3.74. The van der Waals surface area contributed by atoms with Crippen molar-refractivity contribution in [1.82, 2.24) is 19.9 Å². The van der Waals surface area contributed by atoms with Gasteiger partial charge in [-0.05, 0) is 49.9 Å². The number of aryl methyl sites for hydroxylation is 1. The minimum atomic E-state index is -0.411. The fourth-order valence-electron chi connectivity index (χ4n) is 3.20. The second-order valence-electron chi connectivity index (χ2n) is 7.30. The molecule has 1 aromatic heterocycles. The summed E-state index contributed by atoms with van der Waals surface area (Å²) in [5.74, 6) is 0.152. The summed E-state index contributed by atoms with van der Waals surface area (Å²) in [4.78, 5) is 36.4. The van der Waals surface area contributed by atoms with E-state index in [1.807, 2.05) is 18.9 Å². The van der Waals surface area contributed by atoms with Gasteiger partial charge in [0.05, 0.1) is 29.8 Å². The molecule has 32 heavy (non-hydrogen) atoms. The van der Waals surface area contributed by atoms with Crippen LogP contribution in [0.3, 0.4) is 0 Å². The minimum Gasteiger partial charge on any atom is -0.492 e. The average molecular weight is 435 g/mol. The summed E-state index contributed by atoms with van der Waals surface area (Å²) < 4.78 is 7.22. The maximum absolute atomic E-state index is 13.2. The lowest BCUT2D eigenvalue weighted by Gasteiger charge is -2.15. The lowest BCUT2D eigenvalue weighted by molar-refractivity contribution is 0.0537. The van der Waals surface area contributed by atoms with Crippen molar-refractivity contribution in [2.24, 2.45) is 0 Å². The van der Waals surface area contributed by atoms with E-state index in [9.17, 15) is 9.59 Å². The van der Waals surface area contributed by atoms with Crippen LogP contribution in [0.5, 0.6) is 5.75 Å². The van der Waals surface area contributed by atoms with E-state index in [1.54, 1.807) is 36.4 Å². The van der Waals surface area contributed by atoms with Crippen molar-refractivity contribution in [1.29, 1.82) is 5.26 Å². The van der Waals surface area contributed by atoms with Crippen molar-refractivity contribution in [2.45, 2.75) is 13.3 Å². The van der Waals surface area contributed by atoms with Crippen LogP contribution in [-0.4, -0.2) is 54.2 Å². The van der Waals surface area contributed by atoms with E-state index in [0.717, 1.165) is 5.56 Å². The van der Waals surface area contributed by atoms with Gasteiger partial charge in [0.2, 0.25) is 0 Å². The van der Waals surface area contributed by atoms with E-state index in [-0.39, 0.29) is 5.56 Å². The van der Waals surface area contributed by atoms with Crippen molar-refractivity contribution >= 4 is 16.8 Å². The molecule has 0 spiro atoms. The normalized spacial score (nSPS) is 10.8. The number of ether oxygens (including phenoxy) is 1. The zero-order valence-corrected chi connectivity index (χ0v) is 18.3. The zero-order chi connectivity index (χ0) is 23.1. The van der Waals surface area contributed by atoms with E-state index in [1.165, 1.54) is 18.0 Å². The number of hydroxylamine groups is 1. The minimum absolute atomic E-state index is 0.265.